The van der Waals surface area contributed by atoms with E-state index in [4.69, 9.17) is 4.74 Å². The van der Waals surface area contributed by atoms with E-state index in [1.807, 2.05) is 0 Å². The summed E-state index contributed by atoms with van der Waals surface area (Å²) in [6.07, 6.45) is 0. The lowest BCUT2D eigenvalue weighted by Crippen LogP contribution is -2.06. The number of fused-ring (bicyclic) bond motifs is 4. The molecule has 0 saturated heterocycles. The first-order valence-electron chi connectivity index (χ1n) is 8.33. The van der Waals surface area contributed by atoms with Gasteiger partial charge in [0.1, 0.15) is 11.0 Å². The van der Waals surface area contributed by atoms with Crippen molar-refractivity contribution >= 4 is 76.7 Å². The number of benzene rings is 3. The Hall–Kier alpha value is -3.38. The van der Waals surface area contributed by atoms with E-state index in [0.29, 0.717) is 53.9 Å². The summed E-state index contributed by atoms with van der Waals surface area (Å²) < 4.78 is 7.01. The third kappa shape index (κ3) is 2.75. The fourth-order valence-electron chi connectivity index (χ4n) is 3.17. The molecule has 1 aliphatic heterocycles. The Labute approximate surface area is 183 Å². The molecule has 0 amide bonds. The van der Waals surface area contributed by atoms with Crippen LogP contribution in [-0.4, -0.2) is 19.8 Å². The predicted molar refractivity (Wildman–Crippen MR) is 116 cm³/mol. The minimum absolute atomic E-state index is 0.0811. The molecule has 2 heterocycles. The Morgan fingerprint density at radius 2 is 1.50 bits per heavy atom. The first-order valence-corrected chi connectivity index (χ1v) is 9.92. The molecular formula is C18H7Br2N5O5. The number of halogens is 2. The van der Waals surface area contributed by atoms with Crippen LogP contribution in [0.25, 0.3) is 22.1 Å². The lowest BCUT2D eigenvalue weighted by molar-refractivity contribution is -0.384. The smallest absolute Gasteiger partial charge is 0.271 e. The number of nitrogens with zero attached hydrogens (tertiary/aromatic N) is 4. The van der Waals surface area contributed by atoms with Gasteiger partial charge >= 0.3 is 0 Å². The molecule has 1 aromatic heterocycles. The normalized spacial score (nSPS) is 12.1. The van der Waals surface area contributed by atoms with Crippen molar-refractivity contribution in [1.82, 2.24) is 9.97 Å². The zero-order valence-corrected chi connectivity index (χ0v) is 17.7. The quantitative estimate of drug-likeness (QED) is 0.167. The monoisotopic (exact) mass is 531 g/mol. The number of hydrogen-bond acceptors (Lipinski definition) is 8. The summed E-state index contributed by atoms with van der Waals surface area (Å²) in [5.74, 6) is 0.857. The minimum atomic E-state index is -0.498. The van der Waals surface area contributed by atoms with E-state index in [0.717, 1.165) is 0 Å². The largest absolute Gasteiger partial charge is 0.452 e. The Kier molecular flexibility index (Phi) is 4.08. The van der Waals surface area contributed by atoms with Gasteiger partial charge in [-0.25, -0.2) is 9.97 Å². The second-order valence-corrected chi connectivity index (χ2v) is 7.93. The molecular weight excluding hydrogens is 526 g/mol. The molecule has 0 atom stereocenters. The van der Waals surface area contributed by atoms with Crippen molar-refractivity contribution < 1.29 is 14.6 Å². The van der Waals surface area contributed by atoms with Gasteiger partial charge in [-0.1, -0.05) is 0 Å². The molecule has 0 radical (unpaired) electrons. The summed E-state index contributed by atoms with van der Waals surface area (Å²) >= 11 is 7.01. The summed E-state index contributed by atoms with van der Waals surface area (Å²) in [5.41, 5.74) is 2.54. The lowest BCUT2D eigenvalue weighted by Gasteiger charge is -2.24. The van der Waals surface area contributed by atoms with Gasteiger partial charge in [0.2, 0.25) is 0 Å². The highest BCUT2D eigenvalue weighted by molar-refractivity contribution is 9.11. The topological polar surface area (TPSA) is 133 Å². The molecule has 30 heavy (non-hydrogen) atoms. The first-order chi connectivity index (χ1) is 14.3. The molecule has 12 heteroatoms. The molecule has 0 spiro atoms. The predicted octanol–water partition coefficient (Wildman–Crippen LogP) is 5.97. The number of rotatable bonds is 2. The molecule has 4 aromatic rings. The molecule has 10 nitrogen and oxygen atoms in total. The van der Waals surface area contributed by atoms with Crippen LogP contribution in [0.3, 0.4) is 0 Å². The number of anilines is 2. The van der Waals surface area contributed by atoms with E-state index in [1.54, 1.807) is 0 Å². The SMILES string of the molecule is O=[N+]([O-])c1ccc2c(c1)Nc1c(c(Br)c3nc4ccc([N+](=O)[O-])cc4nc3c1Br)O2. The van der Waals surface area contributed by atoms with Crippen LogP contribution in [0, 0.1) is 20.2 Å². The highest BCUT2D eigenvalue weighted by Gasteiger charge is 2.27. The minimum Gasteiger partial charge on any atom is -0.452 e. The van der Waals surface area contributed by atoms with Crippen molar-refractivity contribution in [2.75, 3.05) is 5.32 Å². The van der Waals surface area contributed by atoms with Crippen molar-refractivity contribution in [3.05, 3.63) is 65.6 Å². The van der Waals surface area contributed by atoms with Gasteiger partial charge in [0.25, 0.3) is 11.4 Å². The fourth-order valence-corrected chi connectivity index (χ4v) is 4.28. The van der Waals surface area contributed by atoms with Gasteiger partial charge in [0.05, 0.1) is 41.2 Å². The molecule has 1 N–H and O–H groups in total. The fraction of sp³-hybridized carbons (Fsp3) is 0. The summed E-state index contributed by atoms with van der Waals surface area (Å²) in [6, 6.07) is 8.50. The average molecular weight is 533 g/mol. The number of nitro benzene ring substituents is 2. The van der Waals surface area contributed by atoms with Gasteiger partial charge in [-0.3, -0.25) is 20.2 Å². The number of nitro groups is 2. The van der Waals surface area contributed by atoms with Crippen LogP contribution < -0.4 is 10.1 Å². The zero-order chi connectivity index (χ0) is 21.2. The lowest BCUT2D eigenvalue weighted by atomic mass is 10.1. The highest BCUT2D eigenvalue weighted by Crippen LogP contribution is 2.52. The first kappa shape index (κ1) is 18.6. The van der Waals surface area contributed by atoms with Gasteiger partial charge in [-0.2, -0.15) is 0 Å². The van der Waals surface area contributed by atoms with Crippen LogP contribution >= 0.6 is 31.9 Å². The van der Waals surface area contributed by atoms with Crippen molar-refractivity contribution in [2.24, 2.45) is 0 Å². The number of hydrogen-bond donors (Lipinski definition) is 1. The Morgan fingerprint density at radius 1 is 0.867 bits per heavy atom. The van der Waals surface area contributed by atoms with Crippen LogP contribution in [0.15, 0.2) is 45.3 Å². The maximum Gasteiger partial charge on any atom is 0.271 e. The molecule has 3 aromatic carbocycles. The highest BCUT2D eigenvalue weighted by atomic mass is 79.9. The third-order valence-electron chi connectivity index (χ3n) is 4.57. The van der Waals surface area contributed by atoms with Gasteiger partial charge in [-0.05, 0) is 44.0 Å². The van der Waals surface area contributed by atoms with E-state index in [-0.39, 0.29) is 11.4 Å². The van der Waals surface area contributed by atoms with Crippen LogP contribution in [-0.2, 0) is 0 Å². The van der Waals surface area contributed by atoms with Gasteiger partial charge < -0.3 is 10.1 Å². The van der Waals surface area contributed by atoms with Gasteiger partial charge in [0, 0.05) is 24.3 Å². The number of ether oxygens (including phenoxy) is 1. The Morgan fingerprint density at radius 3 is 2.23 bits per heavy atom. The number of nitrogens with one attached hydrogen (secondary N) is 1. The number of aromatic nitrogens is 2. The molecule has 148 valence electrons. The van der Waals surface area contributed by atoms with Crippen LogP contribution in [0.2, 0.25) is 0 Å². The van der Waals surface area contributed by atoms with Crippen LogP contribution in [0.5, 0.6) is 11.5 Å². The van der Waals surface area contributed by atoms with Crippen molar-refractivity contribution in [3.8, 4) is 11.5 Å². The zero-order valence-electron chi connectivity index (χ0n) is 14.6. The number of non-ortho nitro benzene ring substituents is 2. The summed E-state index contributed by atoms with van der Waals surface area (Å²) in [4.78, 5) is 30.3. The van der Waals surface area contributed by atoms with Crippen molar-refractivity contribution in [3.63, 3.8) is 0 Å². The molecule has 0 saturated carbocycles. The van der Waals surface area contributed by atoms with Crippen LogP contribution in [0.4, 0.5) is 22.7 Å². The second kappa shape index (κ2) is 6.57. The summed E-state index contributed by atoms with van der Waals surface area (Å²) in [5, 5.41) is 25.3. The second-order valence-electron chi connectivity index (χ2n) is 6.35. The molecule has 0 fully saturated rings. The third-order valence-corrected chi connectivity index (χ3v) is 6.07. The van der Waals surface area contributed by atoms with E-state index >= 15 is 0 Å². The molecule has 5 rings (SSSR count). The summed E-state index contributed by atoms with van der Waals surface area (Å²) in [7, 11) is 0. The van der Waals surface area contributed by atoms with Crippen molar-refractivity contribution in [1.29, 1.82) is 0 Å². The van der Waals surface area contributed by atoms with E-state index < -0.39 is 9.85 Å². The molecule has 0 bridgehead atoms. The van der Waals surface area contributed by atoms with Crippen molar-refractivity contribution in [2.45, 2.75) is 0 Å². The summed E-state index contributed by atoms with van der Waals surface area (Å²) in [6.45, 7) is 0. The van der Waals surface area contributed by atoms with E-state index in [1.165, 1.54) is 36.4 Å². The molecule has 1 aliphatic rings. The van der Waals surface area contributed by atoms with Gasteiger partial charge in [0.15, 0.2) is 11.5 Å². The van der Waals surface area contributed by atoms with Crippen LogP contribution in [0.1, 0.15) is 0 Å². The maximum atomic E-state index is 11.1. The van der Waals surface area contributed by atoms with E-state index in [9.17, 15) is 20.2 Å². The average Bonchev–Trinajstić information content (AvgIpc) is 2.74. The van der Waals surface area contributed by atoms with Gasteiger partial charge in [-0.15, -0.1) is 0 Å². The Bertz CT molecular complexity index is 1440. The maximum absolute atomic E-state index is 11.1. The molecule has 0 aliphatic carbocycles. The Balaban J connectivity index is 1.74. The molecule has 0 unspecified atom stereocenters. The standard InChI is InChI=1S/C18H7Br2N5O5/c19-13-15-16(21-9-3-1-7(24(26)27)5-10(9)22-15)14(20)18-17(13)23-11-6-8(25(28)29)2-4-12(11)30-18/h1-6,23H. The van der Waals surface area contributed by atoms with E-state index in [2.05, 4.69) is 47.1 Å².